The minimum Gasteiger partial charge on any atom is -0.396 e. The van der Waals surface area contributed by atoms with Gasteiger partial charge in [0, 0.05) is 38.0 Å². The molecule has 132 valence electrons. The van der Waals surface area contributed by atoms with E-state index in [-0.39, 0.29) is 31.1 Å². The number of aromatic nitrogens is 2. The van der Waals surface area contributed by atoms with Crippen LogP contribution in [0, 0.1) is 5.92 Å². The third-order valence-corrected chi connectivity index (χ3v) is 4.20. The van der Waals surface area contributed by atoms with Crippen molar-refractivity contribution in [3.05, 3.63) is 54.4 Å². The lowest BCUT2D eigenvalue weighted by atomic mass is 10.1. The third kappa shape index (κ3) is 4.74. The number of carbonyl (C=O) groups is 1. The molecule has 1 aromatic carbocycles. The van der Waals surface area contributed by atoms with Gasteiger partial charge < -0.3 is 20.1 Å². The Hall–Kier alpha value is -2.51. The van der Waals surface area contributed by atoms with E-state index in [4.69, 9.17) is 4.74 Å². The molecular weight excluding hydrogens is 320 g/mol. The van der Waals surface area contributed by atoms with Gasteiger partial charge in [0.25, 0.3) is 0 Å². The van der Waals surface area contributed by atoms with Crippen molar-refractivity contribution < 1.29 is 14.6 Å². The minimum absolute atomic E-state index is 0.000841. The zero-order valence-electron chi connectivity index (χ0n) is 13.9. The van der Waals surface area contributed by atoms with E-state index in [0.717, 1.165) is 5.56 Å². The molecule has 1 fully saturated rings. The molecule has 2 heterocycles. The lowest BCUT2D eigenvalue weighted by Crippen LogP contribution is -2.43. The molecule has 1 aliphatic heterocycles. The van der Waals surface area contributed by atoms with Crippen LogP contribution in [0.2, 0.25) is 0 Å². The van der Waals surface area contributed by atoms with E-state index in [1.807, 2.05) is 35.2 Å². The van der Waals surface area contributed by atoms with Crippen molar-refractivity contribution in [2.75, 3.05) is 31.2 Å². The van der Waals surface area contributed by atoms with Crippen LogP contribution in [0.4, 0.5) is 5.95 Å². The second-order valence-corrected chi connectivity index (χ2v) is 6.05. The van der Waals surface area contributed by atoms with Gasteiger partial charge in [-0.2, -0.15) is 0 Å². The summed E-state index contributed by atoms with van der Waals surface area (Å²) in [7, 11) is 0. The molecule has 7 heteroatoms. The summed E-state index contributed by atoms with van der Waals surface area (Å²) in [6.07, 6.45) is 3.36. The van der Waals surface area contributed by atoms with Crippen molar-refractivity contribution >= 4 is 11.9 Å². The second-order valence-electron chi connectivity index (χ2n) is 6.05. The standard InChI is InChI=1S/C18H22N4O3/c23-11-15-9-22(18-19-7-4-8-20-18)10-16(15)21-17(24)13-25-12-14-5-2-1-3-6-14/h1-8,15-16,23H,9-13H2,(H,21,24)/t15-,16+/m0/s1. The average molecular weight is 342 g/mol. The molecule has 1 aliphatic rings. The number of hydrogen-bond acceptors (Lipinski definition) is 6. The third-order valence-electron chi connectivity index (χ3n) is 4.20. The summed E-state index contributed by atoms with van der Waals surface area (Å²) in [6.45, 7) is 1.56. The van der Waals surface area contributed by atoms with Crippen molar-refractivity contribution in [2.45, 2.75) is 12.6 Å². The first-order valence-electron chi connectivity index (χ1n) is 8.30. The molecular formula is C18H22N4O3. The van der Waals surface area contributed by atoms with Crippen LogP contribution in [0.3, 0.4) is 0 Å². The van der Waals surface area contributed by atoms with Gasteiger partial charge in [-0.25, -0.2) is 9.97 Å². The largest absolute Gasteiger partial charge is 0.396 e. The molecule has 0 saturated carbocycles. The van der Waals surface area contributed by atoms with Crippen molar-refractivity contribution in [1.82, 2.24) is 15.3 Å². The Morgan fingerprint density at radius 3 is 2.68 bits per heavy atom. The van der Waals surface area contributed by atoms with Crippen LogP contribution in [0.1, 0.15) is 5.56 Å². The average Bonchev–Trinajstić information content (AvgIpc) is 3.06. The highest BCUT2D eigenvalue weighted by molar-refractivity contribution is 5.77. The Kier molecular flexibility index (Phi) is 5.92. The maximum absolute atomic E-state index is 12.1. The second kappa shape index (κ2) is 8.55. The van der Waals surface area contributed by atoms with E-state index in [2.05, 4.69) is 15.3 Å². The molecule has 1 saturated heterocycles. The van der Waals surface area contributed by atoms with Gasteiger partial charge in [-0.1, -0.05) is 30.3 Å². The monoisotopic (exact) mass is 342 g/mol. The predicted molar refractivity (Wildman–Crippen MR) is 92.8 cm³/mol. The number of aliphatic hydroxyl groups is 1. The molecule has 2 aromatic rings. The number of nitrogens with one attached hydrogen (secondary N) is 1. The molecule has 0 aliphatic carbocycles. The highest BCUT2D eigenvalue weighted by Crippen LogP contribution is 2.20. The lowest BCUT2D eigenvalue weighted by molar-refractivity contribution is -0.127. The normalized spacial score (nSPS) is 19.8. The number of rotatable bonds is 7. The fourth-order valence-corrected chi connectivity index (χ4v) is 2.92. The van der Waals surface area contributed by atoms with Gasteiger partial charge in [-0.15, -0.1) is 0 Å². The number of benzene rings is 1. The van der Waals surface area contributed by atoms with E-state index >= 15 is 0 Å². The molecule has 0 bridgehead atoms. The van der Waals surface area contributed by atoms with Crippen molar-refractivity contribution in [2.24, 2.45) is 5.92 Å². The summed E-state index contributed by atoms with van der Waals surface area (Å²) >= 11 is 0. The quantitative estimate of drug-likeness (QED) is 0.766. The van der Waals surface area contributed by atoms with Gasteiger partial charge in [0.2, 0.25) is 11.9 Å². The number of carbonyl (C=O) groups excluding carboxylic acids is 1. The van der Waals surface area contributed by atoms with Crippen LogP contribution >= 0.6 is 0 Å². The van der Waals surface area contributed by atoms with Gasteiger partial charge in [0.15, 0.2) is 0 Å². The molecule has 1 aromatic heterocycles. The van der Waals surface area contributed by atoms with E-state index in [9.17, 15) is 9.90 Å². The Labute approximate surface area is 146 Å². The molecule has 7 nitrogen and oxygen atoms in total. The Balaban J connectivity index is 1.48. The number of amides is 1. The molecule has 1 amide bonds. The summed E-state index contributed by atoms with van der Waals surface area (Å²) < 4.78 is 5.46. The summed E-state index contributed by atoms with van der Waals surface area (Å²) in [6, 6.07) is 11.3. The molecule has 25 heavy (non-hydrogen) atoms. The van der Waals surface area contributed by atoms with Crippen molar-refractivity contribution in [1.29, 1.82) is 0 Å². The number of nitrogens with zero attached hydrogens (tertiary/aromatic N) is 3. The number of anilines is 1. The predicted octanol–water partition coefficient (Wildman–Crippen LogP) is 0.607. The first kappa shape index (κ1) is 17.3. The summed E-state index contributed by atoms with van der Waals surface area (Å²) in [5.41, 5.74) is 1.02. The van der Waals surface area contributed by atoms with Gasteiger partial charge in [-0.05, 0) is 11.6 Å². The molecule has 2 atom stereocenters. The van der Waals surface area contributed by atoms with Gasteiger partial charge in [-0.3, -0.25) is 4.79 Å². The van der Waals surface area contributed by atoms with Crippen LogP contribution in [-0.4, -0.2) is 53.3 Å². The Morgan fingerprint density at radius 1 is 1.20 bits per heavy atom. The van der Waals surface area contributed by atoms with Crippen LogP contribution in [0.25, 0.3) is 0 Å². The summed E-state index contributed by atoms with van der Waals surface area (Å²) in [5, 5.41) is 12.5. The summed E-state index contributed by atoms with van der Waals surface area (Å²) in [5.74, 6) is 0.370. The molecule has 2 N–H and O–H groups in total. The number of aliphatic hydroxyl groups excluding tert-OH is 1. The van der Waals surface area contributed by atoms with Crippen LogP contribution in [-0.2, 0) is 16.1 Å². The zero-order valence-corrected chi connectivity index (χ0v) is 13.9. The summed E-state index contributed by atoms with van der Waals surface area (Å²) in [4.78, 5) is 22.5. The topological polar surface area (TPSA) is 87.6 Å². The van der Waals surface area contributed by atoms with Gasteiger partial charge in [0.1, 0.15) is 6.61 Å². The van der Waals surface area contributed by atoms with Crippen LogP contribution < -0.4 is 10.2 Å². The first-order chi connectivity index (χ1) is 12.3. The first-order valence-corrected chi connectivity index (χ1v) is 8.30. The fourth-order valence-electron chi connectivity index (χ4n) is 2.92. The Morgan fingerprint density at radius 2 is 1.96 bits per heavy atom. The smallest absolute Gasteiger partial charge is 0.246 e. The molecule has 0 unspecified atom stereocenters. The zero-order chi connectivity index (χ0) is 17.5. The van der Waals surface area contributed by atoms with Crippen molar-refractivity contribution in [3.8, 4) is 0 Å². The molecule has 0 spiro atoms. The maximum Gasteiger partial charge on any atom is 0.246 e. The maximum atomic E-state index is 12.1. The van der Waals surface area contributed by atoms with Crippen LogP contribution in [0.15, 0.2) is 48.8 Å². The molecule has 0 radical (unpaired) electrons. The van der Waals surface area contributed by atoms with E-state index in [1.165, 1.54) is 0 Å². The Bertz CT molecular complexity index is 669. The van der Waals surface area contributed by atoms with Gasteiger partial charge in [0.05, 0.1) is 12.6 Å². The highest BCUT2D eigenvalue weighted by Gasteiger charge is 2.34. The minimum atomic E-state index is -0.185. The van der Waals surface area contributed by atoms with E-state index < -0.39 is 0 Å². The molecule has 3 rings (SSSR count). The number of hydrogen-bond donors (Lipinski definition) is 2. The van der Waals surface area contributed by atoms with E-state index in [0.29, 0.717) is 25.6 Å². The van der Waals surface area contributed by atoms with Gasteiger partial charge >= 0.3 is 0 Å². The fraction of sp³-hybridized carbons (Fsp3) is 0.389. The number of ether oxygens (including phenoxy) is 1. The van der Waals surface area contributed by atoms with Crippen molar-refractivity contribution in [3.63, 3.8) is 0 Å². The SMILES string of the molecule is O=C(COCc1ccccc1)N[C@@H]1CN(c2ncccn2)C[C@H]1CO. The van der Waals surface area contributed by atoms with Crippen LogP contribution in [0.5, 0.6) is 0 Å². The highest BCUT2D eigenvalue weighted by atomic mass is 16.5. The van der Waals surface area contributed by atoms with E-state index in [1.54, 1.807) is 18.5 Å². The lowest BCUT2D eigenvalue weighted by Gasteiger charge is -2.18.